The number of benzene rings is 1. The molecule has 2 aliphatic heterocycles. The van der Waals surface area contributed by atoms with Crippen molar-refractivity contribution in [1.82, 2.24) is 10.2 Å². The van der Waals surface area contributed by atoms with Gasteiger partial charge in [0, 0.05) is 4.75 Å². The first-order chi connectivity index (χ1) is 15.1. The molecule has 0 aliphatic carbocycles. The fourth-order valence-corrected chi connectivity index (χ4v) is 6.37. The average molecular weight is 475 g/mol. The fraction of sp³-hybridized carbons (Fsp3) is 0.364. The molecule has 10 heteroatoms. The molecule has 2 N–H and O–H groups in total. The fourth-order valence-electron chi connectivity index (χ4n) is 4.05. The second-order valence-corrected chi connectivity index (χ2v) is 10.8. The maximum Gasteiger partial charge on any atom is 0.328 e. The molecule has 2 aromatic rings. The summed E-state index contributed by atoms with van der Waals surface area (Å²) >= 11 is 2.66. The molecule has 0 radical (unpaired) electrons. The Kier molecular flexibility index (Phi) is 5.76. The number of carbonyl (C=O) groups is 4. The molecule has 0 spiro atoms. The zero-order valence-corrected chi connectivity index (χ0v) is 19.2. The van der Waals surface area contributed by atoms with Crippen LogP contribution < -0.4 is 10.1 Å². The Morgan fingerprint density at radius 3 is 2.56 bits per heavy atom. The van der Waals surface area contributed by atoms with Crippen LogP contribution >= 0.6 is 23.1 Å². The molecular formula is C22H22N2O6S2. The molecule has 1 unspecified atom stereocenters. The Labute approximate surface area is 192 Å². The predicted octanol–water partition coefficient (Wildman–Crippen LogP) is 2.38. The van der Waals surface area contributed by atoms with Crippen molar-refractivity contribution in [2.75, 3.05) is 0 Å². The van der Waals surface area contributed by atoms with E-state index in [0.717, 1.165) is 5.56 Å². The van der Waals surface area contributed by atoms with E-state index < -0.39 is 51.9 Å². The Hall–Kier alpha value is -2.85. The minimum Gasteiger partial charge on any atom is -0.480 e. The number of esters is 1. The number of carboxylic acid groups (broad SMARTS) is 1. The number of carboxylic acids is 1. The lowest BCUT2D eigenvalue weighted by Crippen LogP contribution is -2.71. The molecule has 2 fully saturated rings. The van der Waals surface area contributed by atoms with Gasteiger partial charge in [0.05, 0.1) is 0 Å². The standard InChI is InChI=1S/C22H22N2O6S2/c1-11-6-4-5-7-13(11)30-21(29)14(12-8-9-31-10-12)17(25)23-15-18(26)24-16(20(27)28)22(2,3)32-19(15)24/h4-10,14-16,19H,1-3H3,(H,23,25)(H,27,28)/t14?,15-,16+,19-/m1/s1. The number of ether oxygens (including phenoxy) is 1. The summed E-state index contributed by atoms with van der Waals surface area (Å²) < 4.78 is 4.80. The Balaban J connectivity index is 1.53. The SMILES string of the molecule is Cc1ccccc1OC(=O)C(C(=O)N[C@@H]1C(=O)N2[C@@H]1SC(C)(C)[C@@H]2C(=O)O)c1ccsc1. The van der Waals surface area contributed by atoms with Crippen LogP contribution in [0.25, 0.3) is 0 Å². The van der Waals surface area contributed by atoms with Crippen LogP contribution in [0.3, 0.4) is 0 Å². The third-order valence-electron chi connectivity index (χ3n) is 5.65. The summed E-state index contributed by atoms with van der Waals surface area (Å²) in [5.74, 6) is -3.85. The van der Waals surface area contributed by atoms with Crippen LogP contribution in [0.2, 0.25) is 0 Å². The minimum absolute atomic E-state index is 0.355. The highest BCUT2D eigenvalue weighted by Crippen LogP contribution is 2.50. The number of aliphatic carboxylic acids is 1. The largest absolute Gasteiger partial charge is 0.480 e. The number of thiophene rings is 1. The van der Waals surface area contributed by atoms with Crippen molar-refractivity contribution in [3.8, 4) is 5.75 Å². The number of nitrogens with one attached hydrogen (secondary N) is 1. The summed E-state index contributed by atoms with van der Waals surface area (Å²) in [7, 11) is 0. The predicted molar refractivity (Wildman–Crippen MR) is 120 cm³/mol. The highest BCUT2D eigenvalue weighted by atomic mass is 32.2. The number of aryl methyl sites for hydroxylation is 1. The smallest absolute Gasteiger partial charge is 0.328 e. The molecule has 8 nitrogen and oxygen atoms in total. The summed E-state index contributed by atoms with van der Waals surface area (Å²) in [5, 5.41) is 15.1. The Morgan fingerprint density at radius 1 is 1.22 bits per heavy atom. The molecule has 2 saturated heterocycles. The molecule has 4 rings (SSSR count). The van der Waals surface area contributed by atoms with Crippen LogP contribution in [0.1, 0.15) is 30.9 Å². The van der Waals surface area contributed by atoms with Gasteiger partial charge in [0.15, 0.2) is 5.92 Å². The third kappa shape index (κ3) is 3.77. The van der Waals surface area contributed by atoms with Crippen molar-refractivity contribution >= 4 is 46.9 Å². The van der Waals surface area contributed by atoms with E-state index in [4.69, 9.17) is 4.74 Å². The van der Waals surface area contributed by atoms with Crippen LogP contribution in [0.15, 0.2) is 41.1 Å². The topological polar surface area (TPSA) is 113 Å². The number of amides is 2. The lowest BCUT2D eigenvalue weighted by molar-refractivity contribution is -0.161. The molecule has 2 amide bonds. The maximum atomic E-state index is 13.2. The van der Waals surface area contributed by atoms with Gasteiger partial charge in [0.1, 0.15) is 23.2 Å². The molecule has 2 aliphatic rings. The molecule has 0 bridgehead atoms. The molecule has 3 heterocycles. The number of β-lactam (4-membered cyclic amide) rings is 1. The van der Waals surface area contributed by atoms with E-state index in [0.29, 0.717) is 11.3 Å². The van der Waals surface area contributed by atoms with Gasteiger partial charge in [-0.3, -0.25) is 14.4 Å². The van der Waals surface area contributed by atoms with Gasteiger partial charge in [0.2, 0.25) is 11.8 Å². The van der Waals surface area contributed by atoms with Gasteiger partial charge in [-0.2, -0.15) is 11.3 Å². The zero-order valence-electron chi connectivity index (χ0n) is 17.6. The molecule has 1 aromatic heterocycles. The second kappa shape index (κ2) is 8.25. The van der Waals surface area contributed by atoms with E-state index in [1.54, 1.807) is 55.8 Å². The molecule has 32 heavy (non-hydrogen) atoms. The number of hydrogen-bond donors (Lipinski definition) is 2. The van der Waals surface area contributed by atoms with Crippen molar-refractivity contribution in [3.05, 3.63) is 52.2 Å². The number of hydrogen-bond acceptors (Lipinski definition) is 7. The van der Waals surface area contributed by atoms with E-state index in [1.165, 1.54) is 28.0 Å². The molecular weight excluding hydrogens is 452 g/mol. The molecule has 0 saturated carbocycles. The van der Waals surface area contributed by atoms with Crippen molar-refractivity contribution < 1.29 is 29.0 Å². The number of rotatable bonds is 6. The van der Waals surface area contributed by atoms with E-state index in [9.17, 15) is 24.3 Å². The maximum absolute atomic E-state index is 13.2. The van der Waals surface area contributed by atoms with Crippen molar-refractivity contribution in [2.45, 2.75) is 48.9 Å². The summed E-state index contributed by atoms with van der Waals surface area (Å²) in [6.45, 7) is 5.31. The monoisotopic (exact) mass is 474 g/mol. The van der Waals surface area contributed by atoms with E-state index in [1.807, 2.05) is 6.07 Å². The summed E-state index contributed by atoms with van der Waals surface area (Å²) in [5.41, 5.74) is 1.22. The lowest BCUT2D eigenvalue weighted by Gasteiger charge is -2.43. The zero-order chi connectivity index (χ0) is 23.2. The van der Waals surface area contributed by atoms with Crippen LogP contribution in [0.5, 0.6) is 5.75 Å². The Morgan fingerprint density at radius 2 is 1.94 bits per heavy atom. The first-order valence-corrected chi connectivity index (χ1v) is 11.8. The van der Waals surface area contributed by atoms with Crippen LogP contribution in [0.4, 0.5) is 0 Å². The van der Waals surface area contributed by atoms with Crippen molar-refractivity contribution in [3.63, 3.8) is 0 Å². The van der Waals surface area contributed by atoms with Gasteiger partial charge < -0.3 is 20.1 Å². The minimum atomic E-state index is -1.25. The number of carbonyl (C=O) groups excluding carboxylic acids is 3. The number of nitrogens with zero attached hydrogens (tertiary/aromatic N) is 1. The summed E-state index contributed by atoms with van der Waals surface area (Å²) in [4.78, 5) is 51.9. The van der Waals surface area contributed by atoms with E-state index >= 15 is 0 Å². The van der Waals surface area contributed by atoms with Crippen molar-refractivity contribution in [2.24, 2.45) is 0 Å². The van der Waals surface area contributed by atoms with Crippen LogP contribution in [0, 0.1) is 6.92 Å². The first-order valence-electron chi connectivity index (χ1n) is 9.94. The molecule has 1 aromatic carbocycles. The van der Waals surface area contributed by atoms with E-state index in [2.05, 4.69) is 5.32 Å². The van der Waals surface area contributed by atoms with E-state index in [-0.39, 0.29) is 0 Å². The highest BCUT2D eigenvalue weighted by molar-refractivity contribution is 8.01. The Bertz CT molecular complexity index is 1080. The third-order valence-corrected chi connectivity index (χ3v) is 7.92. The lowest BCUT2D eigenvalue weighted by atomic mass is 9.95. The van der Waals surface area contributed by atoms with Gasteiger partial charge in [-0.05, 0) is 54.8 Å². The van der Waals surface area contributed by atoms with Gasteiger partial charge in [-0.1, -0.05) is 18.2 Å². The van der Waals surface area contributed by atoms with Crippen molar-refractivity contribution in [1.29, 1.82) is 0 Å². The quantitative estimate of drug-likeness (QED) is 0.286. The van der Waals surface area contributed by atoms with Gasteiger partial charge in [-0.25, -0.2) is 4.79 Å². The number of thioether (sulfide) groups is 1. The number of para-hydroxylation sites is 1. The van der Waals surface area contributed by atoms with Gasteiger partial charge in [0.25, 0.3) is 0 Å². The van der Waals surface area contributed by atoms with Gasteiger partial charge in [-0.15, -0.1) is 11.8 Å². The van der Waals surface area contributed by atoms with Gasteiger partial charge >= 0.3 is 11.9 Å². The van der Waals surface area contributed by atoms with Crippen LogP contribution in [-0.2, 0) is 19.2 Å². The van der Waals surface area contributed by atoms with Crippen LogP contribution in [-0.4, -0.2) is 56.0 Å². The average Bonchev–Trinajstić information content (AvgIpc) is 3.32. The summed E-state index contributed by atoms with van der Waals surface area (Å²) in [6, 6.07) is 6.77. The highest BCUT2D eigenvalue weighted by Gasteiger charge is 2.64. The molecule has 168 valence electrons. The first kappa shape index (κ1) is 22.3. The number of fused-ring (bicyclic) bond motifs is 1. The normalized spacial score (nSPS) is 24.3. The second-order valence-electron chi connectivity index (χ2n) is 8.26. The summed E-state index contributed by atoms with van der Waals surface area (Å²) in [6.07, 6.45) is 0. The molecule has 4 atom stereocenters.